The largest absolute Gasteiger partial charge is 0.394 e. The summed E-state index contributed by atoms with van der Waals surface area (Å²) in [5.74, 6) is 0. The van der Waals surface area contributed by atoms with Crippen molar-refractivity contribution < 1.29 is 5.11 Å². The van der Waals surface area contributed by atoms with E-state index in [1.54, 1.807) is 0 Å². The second kappa shape index (κ2) is 5.51. The number of rotatable bonds is 5. The quantitative estimate of drug-likeness (QED) is 0.852. The summed E-state index contributed by atoms with van der Waals surface area (Å²) in [6.07, 6.45) is 6.23. The standard InChI is InChI=1S/C16H24N2O/c19-13-16(8-9-16)17-12-14-4-6-15(7-5-14)18-10-2-1-3-11-18/h4-7,17,19H,1-3,8-13H2. The van der Waals surface area contributed by atoms with Gasteiger partial charge in [-0.25, -0.2) is 0 Å². The summed E-state index contributed by atoms with van der Waals surface area (Å²) < 4.78 is 0. The summed E-state index contributed by atoms with van der Waals surface area (Å²) in [6.45, 7) is 3.52. The SMILES string of the molecule is OCC1(NCc2ccc(N3CCCCC3)cc2)CC1. The highest BCUT2D eigenvalue weighted by molar-refractivity contribution is 5.47. The second-order valence-electron chi connectivity index (χ2n) is 6.01. The highest BCUT2D eigenvalue weighted by Gasteiger charge is 2.41. The van der Waals surface area contributed by atoms with E-state index in [0.717, 1.165) is 19.4 Å². The molecule has 0 unspecified atom stereocenters. The molecule has 0 spiro atoms. The normalized spacial score (nSPS) is 21.4. The fraction of sp³-hybridized carbons (Fsp3) is 0.625. The Bertz CT molecular complexity index is 405. The zero-order valence-electron chi connectivity index (χ0n) is 11.6. The Kier molecular flexibility index (Phi) is 3.76. The van der Waals surface area contributed by atoms with Crippen LogP contribution in [0.15, 0.2) is 24.3 Å². The molecule has 0 radical (unpaired) electrons. The Balaban J connectivity index is 1.56. The minimum atomic E-state index is 0.0333. The molecule has 1 aromatic carbocycles. The van der Waals surface area contributed by atoms with Crippen molar-refractivity contribution in [3.8, 4) is 0 Å². The summed E-state index contributed by atoms with van der Waals surface area (Å²) in [5, 5.41) is 12.8. The van der Waals surface area contributed by atoms with Crippen molar-refractivity contribution in [2.45, 2.75) is 44.2 Å². The number of hydrogen-bond donors (Lipinski definition) is 2. The molecule has 3 nitrogen and oxygen atoms in total. The van der Waals surface area contributed by atoms with E-state index in [-0.39, 0.29) is 12.1 Å². The molecule has 1 aliphatic heterocycles. The van der Waals surface area contributed by atoms with Gasteiger partial charge in [0.05, 0.1) is 6.61 Å². The Hall–Kier alpha value is -1.06. The summed E-state index contributed by atoms with van der Waals surface area (Å²) in [7, 11) is 0. The van der Waals surface area contributed by atoms with Crippen LogP contribution in [0.3, 0.4) is 0 Å². The van der Waals surface area contributed by atoms with E-state index in [4.69, 9.17) is 0 Å². The van der Waals surface area contributed by atoms with Gasteiger partial charge in [0, 0.05) is 30.9 Å². The maximum Gasteiger partial charge on any atom is 0.0613 e. The minimum absolute atomic E-state index is 0.0333. The van der Waals surface area contributed by atoms with Gasteiger partial charge in [-0.3, -0.25) is 0 Å². The van der Waals surface area contributed by atoms with Gasteiger partial charge in [0.1, 0.15) is 0 Å². The molecule has 0 aromatic heterocycles. The molecule has 0 amide bonds. The van der Waals surface area contributed by atoms with E-state index in [2.05, 4.69) is 34.5 Å². The first-order valence-electron chi connectivity index (χ1n) is 7.51. The molecule has 1 aromatic rings. The van der Waals surface area contributed by atoms with Crippen LogP contribution in [0.25, 0.3) is 0 Å². The van der Waals surface area contributed by atoms with Gasteiger partial charge in [-0.1, -0.05) is 12.1 Å². The van der Waals surface area contributed by atoms with E-state index in [1.165, 1.54) is 43.6 Å². The topological polar surface area (TPSA) is 35.5 Å². The molecule has 1 saturated carbocycles. The van der Waals surface area contributed by atoms with Crippen molar-refractivity contribution in [3.63, 3.8) is 0 Å². The number of anilines is 1. The van der Waals surface area contributed by atoms with Crippen LogP contribution in [0.5, 0.6) is 0 Å². The minimum Gasteiger partial charge on any atom is -0.394 e. The number of benzene rings is 1. The average Bonchev–Trinajstić information content (AvgIpc) is 3.27. The van der Waals surface area contributed by atoms with Crippen LogP contribution in [-0.4, -0.2) is 30.3 Å². The van der Waals surface area contributed by atoms with Crippen LogP contribution in [-0.2, 0) is 6.54 Å². The molecule has 3 heteroatoms. The lowest BCUT2D eigenvalue weighted by Gasteiger charge is -2.29. The van der Waals surface area contributed by atoms with Crippen LogP contribution in [0.2, 0.25) is 0 Å². The van der Waals surface area contributed by atoms with Gasteiger partial charge < -0.3 is 15.3 Å². The second-order valence-corrected chi connectivity index (χ2v) is 6.01. The van der Waals surface area contributed by atoms with E-state index in [9.17, 15) is 5.11 Å². The lowest BCUT2D eigenvalue weighted by Crippen LogP contribution is -2.34. The predicted octanol–water partition coefficient (Wildman–Crippen LogP) is 2.29. The molecule has 2 fully saturated rings. The van der Waals surface area contributed by atoms with Gasteiger partial charge in [0.25, 0.3) is 0 Å². The van der Waals surface area contributed by atoms with Crippen LogP contribution in [0, 0.1) is 0 Å². The van der Waals surface area contributed by atoms with Crippen molar-refractivity contribution in [3.05, 3.63) is 29.8 Å². The molecule has 1 heterocycles. The van der Waals surface area contributed by atoms with Crippen molar-refractivity contribution in [1.82, 2.24) is 5.32 Å². The van der Waals surface area contributed by atoms with Gasteiger partial charge >= 0.3 is 0 Å². The summed E-state index contributed by atoms with van der Waals surface area (Å²) in [4.78, 5) is 2.48. The maximum atomic E-state index is 9.28. The van der Waals surface area contributed by atoms with Crippen LogP contribution >= 0.6 is 0 Å². The molecule has 0 bridgehead atoms. The number of nitrogens with one attached hydrogen (secondary N) is 1. The van der Waals surface area contributed by atoms with Crippen molar-refractivity contribution >= 4 is 5.69 Å². The molecule has 104 valence electrons. The van der Waals surface area contributed by atoms with E-state index >= 15 is 0 Å². The van der Waals surface area contributed by atoms with Crippen molar-refractivity contribution in [2.24, 2.45) is 0 Å². The maximum absolute atomic E-state index is 9.28. The Morgan fingerprint density at radius 2 is 1.74 bits per heavy atom. The monoisotopic (exact) mass is 260 g/mol. The lowest BCUT2D eigenvalue weighted by atomic mass is 10.1. The Morgan fingerprint density at radius 1 is 1.05 bits per heavy atom. The van der Waals surface area contributed by atoms with E-state index in [1.807, 2.05) is 0 Å². The molecule has 19 heavy (non-hydrogen) atoms. The molecule has 2 aliphatic rings. The van der Waals surface area contributed by atoms with Gasteiger partial charge in [0.2, 0.25) is 0 Å². The summed E-state index contributed by atoms with van der Waals surface area (Å²) >= 11 is 0. The molecule has 1 saturated heterocycles. The highest BCUT2D eigenvalue weighted by Crippen LogP contribution is 2.34. The fourth-order valence-electron chi connectivity index (χ4n) is 2.81. The molecule has 3 rings (SSSR count). The third-order valence-corrected chi connectivity index (χ3v) is 4.48. The smallest absolute Gasteiger partial charge is 0.0613 e. The molecule has 1 aliphatic carbocycles. The van der Waals surface area contributed by atoms with Gasteiger partial charge in [0.15, 0.2) is 0 Å². The first kappa shape index (κ1) is 12.9. The van der Waals surface area contributed by atoms with E-state index in [0.29, 0.717) is 0 Å². The number of nitrogens with zero attached hydrogens (tertiary/aromatic N) is 1. The molecular formula is C16H24N2O. The summed E-state index contributed by atoms with van der Waals surface area (Å²) in [5.41, 5.74) is 2.69. The van der Waals surface area contributed by atoms with Gasteiger partial charge in [-0.05, 0) is 49.8 Å². The van der Waals surface area contributed by atoms with Crippen LogP contribution < -0.4 is 10.2 Å². The average molecular weight is 260 g/mol. The first-order valence-corrected chi connectivity index (χ1v) is 7.51. The zero-order chi connectivity index (χ0) is 13.1. The first-order chi connectivity index (χ1) is 9.31. The number of hydrogen-bond acceptors (Lipinski definition) is 3. The number of piperidine rings is 1. The van der Waals surface area contributed by atoms with Crippen molar-refractivity contribution in [1.29, 1.82) is 0 Å². The predicted molar refractivity (Wildman–Crippen MR) is 78.4 cm³/mol. The van der Waals surface area contributed by atoms with E-state index < -0.39 is 0 Å². The number of aliphatic hydroxyl groups is 1. The zero-order valence-corrected chi connectivity index (χ0v) is 11.6. The third kappa shape index (κ3) is 3.10. The Labute approximate surface area is 115 Å². The molecular weight excluding hydrogens is 236 g/mol. The van der Waals surface area contributed by atoms with Gasteiger partial charge in [-0.2, -0.15) is 0 Å². The van der Waals surface area contributed by atoms with Crippen LogP contribution in [0.1, 0.15) is 37.7 Å². The number of aliphatic hydroxyl groups excluding tert-OH is 1. The lowest BCUT2D eigenvalue weighted by molar-refractivity contribution is 0.229. The van der Waals surface area contributed by atoms with Crippen molar-refractivity contribution in [2.75, 3.05) is 24.6 Å². The highest BCUT2D eigenvalue weighted by atomic mass is 16.3. The Morgan fingerprint density at radius 3 is 2.32 bits per heavy atom. The molecule has 2 N–H and O–H groups in total. The summed E-state index contributed by atoms with van der Waals surface area (Å²) in [6, 6.07) is 8.90. The van der Waals surface area contributed by atoms with Gasteiger partial charge in [-0.15, -0.1) is 0 Å². The fourth-order valence-corrected chi connectivity index (χ4v) is 2.81. The van der Waals surface area contributed by atoms with Crippen LogP contribution in [0.4, 0.5) is 5.69 Å². The third-order valence-electron chi connectivity index (χ3n) is 4.48. The molecule has 0 atom stereocenters.